The lowest BCUT2D eigenvalue weighted by atomic mass is 10.0. The van der Waals surface area contributed by atoms with E-state index in [1.54, 1.807) is 6.21 Å². The highest BCUT2D eigenvalue weighted by Crippen LogP contribution is 2.38. The van der Waals surface area contributed by atoms with Crippen molar-refractivity contribution in [3.63, 3.8) is 0 Å². The summed E-state index contributed by atoms with van der Waals surface area (Å²) in [5, 5.41) is 8.70. The van der Waals surface area contributed by atoms with Crippen LogP contribution in [0.15, 0.2) is 41.5 Å². The predicted molar refractivity (Wildman–Crippen MR) is 87.1 cm³/mol. The molecule has 1 aromatic rings. The van der Waals surface area contributed by atoms with E-state index in [0.29, 0.717) is 22.1 Å². The third-order valence-corrected chi connectivity index (χ3v) is 4.42. The molecule has 20 heavy (non-hydrogen) atoms. The average Bonchev–Trinajstić information content (AvgIpc) is 3.03. The van der Waals surface area contributed by atoms with E-state index >= 15 is 0 Å². The van der Waals surface area contributed by atoms with Crippen LogP contribution in [-0.2, 0) is 0 Å². The smallest absolute Gasteiger partial charge is 0.187 e. The summed E-state index contributed by atoms with van der Waals surface area (Å²) in [4.78, 5) is 0. The van der Waals surface area contributed by atoms with Crippen molar-refractivity contribution in [1.82, 2.24) is 10.7 Å². The molecular weight excluding hydrogens is 290 g/mol. The van der Waals surface area contributed by atoms with Crippen LogP contribution >= 0.6 is 23.8 Å². The number of hydrazone groups is 1. The van der Waals surface area contributed by atoms with E-state index in [2.05, 4.69) is 28.0 Å². The summed E-state index contributed by atoms with van der Waals surface area (Å²) in [7, 11) is 0. The van der Waals surface area contributed by atoms with Gasteiger partial charge >= 0.3 is 0 Å². The van der Waals surface area contributed by atoms with Gasteiger partial charge in [0.05, 0.1) is 6.21 Å². The highest BCUT2D eigenvalue weighted by molar-refractivity contribution is 7.80. The van der Waals surface area contributed by atoms with Gasteiger partial charge < -0.3 is 5.32 Å². The number of nitrogens with one attached hydrogen (secondary N) is 2. The van der Waals surface area contributed by atoms with Crippen LogP contribution in [0.3, 0.4) is 0 Å². The summed E-state index contributed by atoms with van der Waals surface area (Å²) in [5.41, 5.74) is 3.72. The van der Waals surface area contributed by atoms with E-state index < -0.39 is 0 Å². The molecule has 104 valence electrons. The lowest BCUT2D eigenvalue weighted by Gasteiger charge is -2.20. The zero-order valence-corrected chi connectivity index (χ0v) is 12.5. The standard InChI is InChI=1S/C15H16ClN3S/c16-13-4-2-1-3-12(13)9-17-19-15(20)18-14-8-10-5-6-11(14)7-10/h1-6,9-11,14H,7-8H2,(H2,18,19,20)/b17-9-/t10-,11-,14-/m0/s1. The van der Waals surface area contributed by atoms with Gasteiger partial charge in [0.2, 0.25) is 0 Å². The Hall–Kier alpha value is -1.39. The fraction of sp³-hybridized carbons (Fsp3) is 0.333. The molecule has 5 heteroatoms. The molecule has 0 spiro atoms. The number of hydrogen-bond donors (Lipinski definition) is 2. The van der Waals surface area contributed by atoms with Crippen LogP contribution in [-0.4, -0.2) is 17.4 Å². The monoisotopic (exact) mass is 305 g/mol. The van der Waals surface area contributed by atoms with Crippen LogP contribution in [0.4, 0.5) is 0 Å². The number of fused-ring (bicyclic) bond motifs is 2. The average molecular weight is 306 g/mol. The summed E-state index contributed by atoms with van der Waals surface area (Å²) < 4.78 is 0. The van der Waals surface area contributed by atoms with Crippen molar-refractivity contribution in [2.45, 2.75) is 18.9 Å². The van der Waals surface area contributed by atoms with E-state index in [1.807, 2.05) is 24.3 Å². The van der Waals surface area contributed by atoms with E-state index in [0.717, 1.165) is 17.9 Å². The minimum atomic E-state index is 0.445. The molecule has 0 amide bonds. The topological polar surface area (TPSA) is 36.4 Å². The number of rotatable bonds is 3. The SMILES string of the molecule is S=C(N/N=C\c1ccccc1Cl)N[C@H]1C[C@H]2C=C[C@H]1C2. The summed E-state index contributed by atoms with van der Waals surface area (Å²) >= 11 is 11.3. The van der Waals surface area contributed by atoms with Crippen molar-refractivity contribution in [3.05, 3.63) is 47.0 Å². The van der Waals surface area contributed by atoms with Gasteiger partial charge in [-0.1, -0.05) is 42.0 Å². The molecule has 3 atom stereocenters. The molecule has 2 N–H and O–H groups in total. The zero-order chi connectivity index (χ0) is 13.9. The molecule has 1 fully saturated rings. The Balaban J connectivity index is 1.50. The number of nitrogens with zero attached hydrogens (tertiary/aromatic N) is 1. The molecule has 0 radical (unpaired) electrons. The lowest BCUT2D eigenvalue weighted by molar-refractivity contribution is 0.521. The molecule has 0 saturated heterocycles. The first-order chi connectivity index (χ1) is 9.72. The first-order valence-corrected chi connectivity index (χ1v) is 7.53. The van der Waals surface area contributed by atoms with E-state index in [-0.39, 0.29) is 0 Å². The first kappa shape index (κ1) is 13.6. The number of thiocarbonyl (C=S) groups is 1. The maximum atomic E-state index is 6.04. The maximum Gasteiger partial charge on any atom is 0.187 e. The summed E-state index contributed by atoms with van der Waals surface area (Å²) in [6.07, 6.45) is 8.70. The fourth-order valence-corrected chi connectivity index (χ4v) is 3.28. The molecular formula is C15H16ClN3S. The minimum absolute atomic E-state index is 0.445. The number of allylic oxidation sites excluding steroid dienone is 1. The third kappa shape index (κ3) is 3.02. The van der Waals surface area contributed by atoms with Crippen LogP contribution in [0.25, 0.3) is 0 Å². The van der Waals surface area contributed by atoms with Gasteiger partial charge in [0, 0.05) is 16.6 Å². The molecule has 1 aromatic carbocycles. The van der Waals surface area contributed by atoms with Gasteiger partial charge in [0.1, 0.15) is 0 Å². The van der Waals surface area contributed by atoms with Gasteiger partial charge in [0.15, 0.2) is 5.11 Å². The quantitative estimate of drug-likeness (QED) is 0.390. The summed E-state index contributed by atoms with van der Waals surface area (Å²) in [6.45, 7) is 0. The van der Waals surface area contributed by atoms with Crippen LogP contribution in [0, 0.1) is 11.8 Å². The Morgan fingerprint density at radius 2 is 2.15 bits per heavy atom. The Morgan fingerprint density at radius 3 is 2.85 bits per heavy atom. The predicted octanol–water partition coefficient (Wildman–Crippen LogP) is 3.10. The molecule has 2 aliphatic rings. The number of hydrogen-bond acceptors (Lipinski definition) is 2. The van der Waals surface area contributed by atoms with Crippen molar-refractivity contribution in [3.8, 4) is 0 Å². The molecule has 2 aliphatic carbocycles. The van der Waals surface area contributed by atoms with Crippen molar-refractivity contribution < 1.29 is 0 Å². The summed E-state index contributed by atoms with van der Waals surface area (Å²) in [6, 6.07) is 8.00. The molecule has 0 aromatic heterocycles. The second-order valence-corrected chi connectivity index (χ2v) is 6.07. The molecule has 3 rings (SSSR count). The van der Waals surface area contributed by atoms with E-state index in [1.165, 1.54) is 6.42 Å². The first-order valence-electron chi connectivity index (χ1n) is 6.75. The fourth-order valence-electron chi connectivity index (χ4n) is 2.89. The van der Waals surface area contributed by atoms with Gasteiger partial charge in [0.25, 0.3) is 0 Å². The van der Waals surface area contributed by atoms with Crippen molar-refractivity contribution in [2.24, 2.45) is 16.9 Å². The molecule has 0 unspecified atom stereocenters. The minimum Gasteiger partial charge on any atom is -0.358 e. The molecule has 0 aliphatic heterocycles. The number of halogens is 1. The van der Waals surface area contributed by atoms with Crippen LogP contribution in [0.5, 0.6) is 0 Å². The Bertz CT molecular complexity index is 570. The van der Waals surface area contributed by atoms with Crippen LogP contribution in [0.2, 0.25) is 5.02 Å². The van der Waals surface area contributed by atoms with Gasteiger partial charge in [-0.15, -0.1) is 0 Å². The largest absolute Gasteiger partial charge is 0.358 e. The highest BCUT2D eigenvalue weighted by Gasteiger charge is 2.35. The van der Waals surface area contributed by atoms with Gasteiger partial charge in [-0.3, -0.25) is 5.43 Å². The van der Waals surface area contributed by atoms with E-state index in [9.17, 15) is 0 Å². The van der Waals surface area contributed by atoms with Crippen LogP contribution < -0.4 is 10.7 Å². The Labute approximate surface area is 129 Å². The van der Waals surface area contributed by atoms with Gasteiger partial charge in [-0.25, -0.2) is 0 Å². The lowest BCUT2D eigenvalue weighted by Crippen LogP contribution is -2.42. The second-order valence-electron chi connectivity index (χ2n) is 5.25. The highest BCUT2D eigenvalue weighted by atomic mass is 35.5. The molecule has 3 nitrogen and oxygen atoms in total. The van der Waals surface area contributed by atoms with Crippen molar-refractivity contribution in [1.29, 1.82) is 0 Å². The number of benzene rings is 1. The third-order valence-electron chi connectivity index (χ3n) is 3.87. The van der Waals surface area contributed by atoms with Crippen molar-refractivity contribution >= 4 is 35.1 Å². The van der Waals surface area contributed by atoms with Gasteiger partial charge in [-0.2, -0.15) is 5.10 Å². The van der Waals surface area contributed by atoms with Crippen LogP contribution in [0.1, 0.15) is 18.4 Å². The molecule has 0 heterocycles. The molecule has 1 saturated carbocycles. The van der Waals surface area contributed by atoms with Gasteiger partial charge in [-0.05, 0) is 43.0 Å². The second kappa shape index (κ2) is 5.94. The normalized spacial score (nSPS) is 27.1. The Morgan fingerprint density at radius 1 is 1.30 bits per heavy atom. The van der Waals surface area contributed by atoms with E-state index in [4.69, 9.17) is 23.8 Å². The van der Waals surface area contributed by atoms with Crippen molar-refractivity contribution in [2.75, 3.05) is 0 Å². The maximum absolute atomic E-state index is 6.04. The zero-order valence-electron chi connectivity index (χ0n) is 10.9. The molecule has 2 bridgehead atoms. The summed E-state index contributed by atoms with van der Waals surface area (Å²) in [5.74, 6) is 1.35. The Kier molecular flexibility index (Phi) is 4.03.